The summed E-state index contributed by atoms with van der Waals surface area (Å²) in [7, 11) is -2.80. The van der Waals surface area contributed by atoms with E-state index in [4.69, 9.17) is 10.5 Å². The lowest BCUT2D eigenvalue weighted by Gasteiger charge is -2.11. The number of halogens is 1. The van der Waals surface area contributed by atoms with Gasteiger partial charge in [-0.3, -0.25) is 9.52 Å². The average Bonchev–Trinajstić information content (AvgIpc) is 2.47. The molecule has 1 amide bonds. The van der Waals surface area contributed by atoms with Gasteiger partial charge in [0.1, 0.15) is 0 Å². The normalized spacial score (nSPS) is 11.0. The topological polar surface area (TPSA) is 98.5 Å². The van der Waals surface area contributed by atoms with E-state index in [1.165, 1.54) is 31.4 Å². The quantitative estimate of drug-likeness (QED) is 0.875. The van der Waals surface area contributed by atoms with Crippen molar-refractivity contribution in [3.8, 4) is 5.75 Å². The minimum atomic E-state index is -4.07. The van der Waals surface area contributed by atoms with Gasteiger partial charge < -0.3 is 10.5 Å². The molecule has 0 saturated heterocycles. The van der Waals surface area contributed by atoms with Gasteiger partial charge in [-0.05, 0) is 30.3 Å². The zero-order valence-electron chi connectivity index (χ0n) is 11.5. The van der Waals surface area contributed by atoms with Gasteiger partial charge in [-0.2, -0.15) is 0 Å². The SMILES string of the molecule is COc1ccc(S(=O)(=O)Nc2ccccc2C(N)=O)cc1F. The summed E-state index contributed by atoms with van der Waals surface area (Å²) < 4.78 is 45.1. The highest BCUT2D eigenvalue weighted by atomic mass is 32.2. The molecule has 2 aromatic carbocycles. The van der Waals surface area contributed by atoms with Crippen LogP contribution in [0.5, 0.6) is 5.75 Å². The van der Waals surface area contributed by atoms with Crippen LogP contribution in [-0.2, 0) is 10.0 Å². The van der Waals surface area contributed by atoms with E-state index in [-0.39, 0.29) is 21.9 Å². The molecule has 0 aliphatic heterocycles. The molecular formula is C14H13FN2O4S. The van der Waals surface area contributed by atoms with Crippen molar-refractivity contribution >= 4 is 21.6 Å². The Morgan fingerprint density at radius 1 is 1.23 bits per heavy atom. The van der Waals surface area contributed by atoms with Crippen molar-refractivity contribution in [2.45, 2.75) is 4.90 Å². The van der Waals surface area contributed by atoms with Gasteiger partial charge in [0.25, 0.3) is 15.9 Å². The number of carbonyl (C=O) groups excluding carboxylic acids is 1. The Hall–Kier alpha value is -2.61. The Morgan fingerprint density at radius 2 is 1.91 bits per heavy atom. The number of amides is 1. The summed E-state index contributed by atoms with van der Waals surface area (Å²) in [5.41, 5.74) is 5.22. The van der Waals surface area contributed by atoms with Crippen LogP contribution in [-0.4, -0.2) is 21.4 Å². The molecule has 0 atom stereocenters. The Bertz CT molecular complexity index is 821. The fourth-order valence-electron chi connectivity index (χ4n) is 1.80. The predicted octanol–water partition coefficient (Wildman–Crippen LogP) is 1.73. The number of primary amides is 1. The lowest BCUT2D eigenvalue weighted by molar-refractivity contribution is 0.100. The maximum atomic E-state index is 13.6. The van der Waals surface area contributed by atoms with Gasteiger partial charge in [-0.1, -0.05) is 12.1 Å². The summed E-state index contributed by atoms with van der Waals surface area (Å²) in [4.78, 5) is 11.0. The van der Waals surface area contributed by atoms with Crippen LogP contribution >= 0.6 is 0 Å². The number of nitrogens with two attached hydrogens (primary N) is 1. The van der Waals surface area contributed by atoms with Gasteiger partial charge in [-0.15, -0.1) is 0 Å². The van der Waals surface area contributed by atoms with Crippen LogP contribution in [0.15, 0.2) is 47.4 Å². The lowest BCUT2D eigenvalue weighted by Crippen LogP contribution is -2.18. The molecule has 0 bridgehead atoms. The summed E-state index contributed by atoms with van der Waals surface area (Å²) in [6, 6.07) is 9.07. The van der Waals surface area contributed by atoms with Crippen LogP contribution in [0, 0.1) is 5.82 Å². The summed E-state index contributed by atoms with van der Waals surface area (Å²) in [6.07, 6.45) is 0. The van der Waals surface area contributed by atoms with E-state index in [1.54, 1.807) is 12.1 Å². The number of carbonyl (C=O) groups is 1. The maximum Gasteiger partial charge on any atom is 0.262 e. The molecule has 0 aromatic heterocycles. The van der Waals surface area contributed by atoms with Crippen LogP contribution in [0.4, 0.5) is 10.1 Å². The largest absolute Gasteiger partial charge is 0.494 e. The monoisotopic (exact) mass is 324 g/mol. The fourth-order valence-corrected chi connectivity index (χ4v) is 2.90. The Balaban J connectivity index is 2.40. The van der Waals surface area contributed by atoms with E-state index in [0.29, 0.717) is 0 Å². The Labute approximate surface area is 126 Å². The predicted molar refractivity (Wildman–Crippen MR) is 78.7 cm³/mol. The molecule has 2 rings (SSSR count). The highest BCUT2D eigenvalue weighted by Crippen LogP contribution is 2.23. The van der Waals surface area contributed by atoms with Gasteiger partial charge in [0.15, 0.2) is 11.6 Å². The van der Waals surface area contributed by atoms with Gasteiger partial charge >= 0.3 is 0 Å². The van der Waals surface area contributed by atoms with E-state index in [9.17, 15) is 17.6 Å². The van der Waals surface area contributed by atoms with E-state index >= 15 is 0 Å². The summed E-state index contributed by atoms with van der Waals surface area (Å²) >= 11 is 0. The van der Waals surface area contributed by atoms with Crippen molar-refractivity contribution < 1.29 is 22.3 Å². The smallest absolute Gasteiger partial charge is 0.262 e. The highest BCUT2D eigenvalue weighted by Gasteiger charge is 2.19. The first-order valence-corrected chi connectivity index (χ1v) is 7.58. The van der Waals surface area contributed by atoms with Crippen LogP contribution in [0.2, 0.25) is 0 Å². The van der Waals surface area contributed by atoms with E-state index in [2.05, 4.69) is 4.72 Å². The zero-order valence-corrected chi connectivity index (χ0v) is 12.4. The van der Waals surface area contributed by atoms with Gasteiger partial charge in [0, 0.05) is 0 Å². The fraction of sp³-hybridized carbons (Fsp3) is 0.0714. The summed E-state index contributed by atoms with van der Waals surface area (Å²) in [6.45, 7) is 0. The molecule has 0 aliphatic rings. The molecule has 0 aliphatic carbocycles. The zero-order chi connectivity index (χ0) is 16.3. The van der Waals surface area contributed by atoms with E-state index in [1.807, 2.05) is 0 Å². The molecule has 0 fully saturated rings. The maximum absolute atomic E-state index is 13.6. The van der Waals surface area contributed by atoms with Crippen molar-refractivity contribution in [1.82, 2.24) is 0 Å². The number of ether oxygens (including phenoxy) is 1. The highest BCUT2D eigenvalue weighted by molar-refractivity contribution is 7.92. The molecule has 0 spiro atoms. The molecule has 0 heterocycles. The first-order valence-electron chi connectivity index (χ1n) is 6.10. The number of hydrogen-bond donors (Lipinski definition) is 2. The van der Waals surface area contributed by atoms with Crippen molar-refractivity contribution in [3.63, 3.8) is 0 Å². The first kappa shape index (κ1) is 15.8. The van der Waals surface area contributed by atoms with E-state index in [0.717, 1.165) is 6.07 Å². The van der Waals surface area contributed by atoms with E-state index < -0.39 is 21.7 Å². The molecule has 6 nitrogen and oxygen atoms in total. The van der Waals surface area contributed by atoms with Crippen molar-refractivity contribution in [3.05, 3.63) is 53.8 Å². The molecule has 0 radical (unpaired) electrons. The second kappa shape index (κ2) is 6.02. The minimum Gasteiger partial charge on any atom is -0.494 e. The average molecular weight is 324 g/mol. The molecule has 22 heavy (non-hydrogen) atoms. The molecule has 0 unspecified atom stereocenters. The van der Waals surface area contributed by atoms with Crippen LogP contribution in [0.3, 0.4) is 0 Å². The third-order valence-electron chi connectivity index (χ3n) is 2.87. The number of rotatable bonds is 5. The van der Waals surface area contributed by atoms with Gasteiger partial charge in [0.2, 0.25) is 0 Å². The second-order valence-electron chi connectivity index (χ2n) is 4.31. The molecular weight excluding hydrogens is 311 g/mol. The number of para-hydroxylation sites is 1. The summed E-state index contributed by atoms with van der Waals surface area (Å²) in [5.74, 6) is -1.66. The number of benzene rings is 2. The third-order valence-corrected chi connectivity index (χ3v) is 4.23. The molecule has 8 heteroatoms. The number of nitrogens with one attached hydrogen (secondary N) is 1. The Kier molecular flexibility index (Phi) is 4.32. The molecule has 116 valence electrons. The Morgan fingerprint density at radius 3 is 2.50 bits per heavy atom. The molecule has 0 saturated carbocycles. The van der Waals surface area contributed by atoms with Crippen LogP contribution in [0.1, 0.15) is 10.4 Å². The molecule has 2 aromatic rings. The second-order valence-corrected chi connectivity index (χ2v) is 5.99. The van der Waals surface area contributed by atoms with Crippen molar-refractivity contribution in [2.75, 3.05) is 11.8 Å². The standard InChI is InChI=1S/C14H13FN2O4S/c1-21-13-7-6-9(8-11(13)15)22(19,20)17-12-5-3-2-4-10(12)14(16)18/h2-8,17H,1H3,(H2,16,18). The number of methoxy groups -OCH3 is 1. The van der Waals surface area contributed by atoms with Crippen molar-refractivity contribution in [2.24, 2.45) is 5.73 Å². The lowest BCUT2D eigenvalue weighted by atomic mass is 10.2. The number of hydrogen-bond acceptors (Lipinski definition) is 4. The number of anilines is 1. The first-order chi connectivity index (χ1) is 10.3. The number of sulfonamides is 1. The van der Waals surface area contributed by atoms with Gasteiger partial charge in [0.05, 0.1) is 23.3 Å². The van der Waals surface area contributed by atoms with Crippen LogP contribution in [0.25, 0.3) is 0 Å². The van der Waals surface area contributed by atoms with Crippen LogP contribution < -0.4 is 15.2 Å². The third kappa shape index (κ3) is 3.17. The van der Waals surface area contributed by atoms with Crippen molar-refractivity contribution in [1.29, 1.82) is 0 Å². The minimum absolute atomic E-state index is 0.0139. The summed E-state index contributed by atoms with van der Waals surface area (Å²) in [5, 5.41) is 0. The molecule has 3 N–H and O–H groups in total. The van der Waals surface area contributed by atoms with Gasteiger partial charge in [-0.25, -0.2) is 12.8 Å².